The first-order chi connectivity index (χ1) is 10.1. The summed E-state index contributed by atoms with van der Waals surface area (Å²) in [6.07, 6.45) is 1.46. The molecule has 0 atom stereocenters. The van der Waals surface area contributed by atoms with Gasteiger partial charge in [0, 0.05) is 13.1 Å². The highest BCUT2D eigenvalue weighted by atomic mass is 16.2. The summed E-state index contributed by atoms with van der Waals surface area (Å²) >= 11 is 0. The summed E-state index contributed by atoms with van der Waals surface area (Å²) in [6, 6.07) is 2.18. The van der Waals surface area contributed by atoms with Crippen LogP contribution in [0.1, 0.15) is 44.5 Å². The number of carbonyl (C=O) groups is 1. The molecule has 1 heterocycles. The summed E-state index contributed by atoms with van der Waals surface area (Å²) in [5.74, 6) is 0.385. The summed E-state index contributed by atoms with van der Waals surface area (Å²) < 4.78 is 0. The summed E-state index contributed by atoms with van der Waals surface area (Å²) in [4.78, 5) is 13.7. The molecule has 0 aliphatic rings. The van der Waals surface area contributed by atoms with Crippen LogP contribution in [-0.4, -0.2) is 40.6 Å². The van der Waals surface area contributed by atoms with Gasteiger partial charge < -0.3 is 10.2 Å². The highest BCUT2D eigenvalue weighted by Crippen LogP contribution is 2.19. The van der Waals surface area contributed by atoms with Gasteiger partial charge in [0.2, 0.25) is 5.91 Å². The molecule has 1 aromatic heterocycles. The monoisotopic (exact) mass is 289 g/mol. The van der Waals surface area contributed by atoms with E-state index in [9.17, 15) is 10.1 Å². The predicted molar refractivity (Wildman–Crippen MR) is 81.9 cm³/mol. The zero-order chi connectivity index (χ0) is 15.8. The second kappa shape index (κ2) is 8.20. The van der Waals surface area contributed by atoms with Crippen molar-refractivity contribution < 1.29 is 4.79 Å². The third kappa shape index (κ3) is 3.91. The summed E-state index contributed by atoms with van der Waals surface area (Å²) in [5, 5.41) is 20.5. The minimum Gasteiger partial charge on any atom is -0.358 e. The zero-order valence-electron chi connectivity index (χ0n) is 13.2. The van der Waals surface area contributed by atoms with E-state index in [2.05, 4.69) is 21.6 Å². The van der Waals surface area contributed by atoms with Crippen LogP contribution in [0.2, 0.25) is 0 Å². The van der Waals surface area contributed by atoms with E-state index >= 15 is 0 Å². The van der Waals surface area contributed by atoms with Crippen molar-refractivity contribution in [3.63, 3.8) is 0 Å². The Kier molecular flexibility index (Phi) is 6.60. The fourth-order valence-corrected chi connectivity index (χ4v) is 2.26. The van der Waals surface area contributed by atoms with Gasteiger partial charge in [-0.15, -0.1) is 5.10 Å². The van der Waals surface area contributed by atoms with Gasteiger partial charge in [0.1, 0.15) is 11.6 Å². The van der Waals surface area contributed by atoms with Crippen molar-refractivity contribution in [3.05, 3.63) is 16.8 Å². The number of aromatic nitrogens is 2. The first-order valence-electron chi connectivity index (χ1n) is 7.42. The van der Waals surface area contributed by atoms with E-state index in [1.54, 1.807) is 4.90 Å². The number of hydrogen-bond donors (Lipinski definition) is 1. The maximum atomic E-state index is 12.0. The van der Waals surface area contributed by atoms with Gasteiger partial charge in [0.05, 0.1) is 12.2 Å². The highest BCUT2D eigenvalue weighted by molar-refractivity contribution is 5.81. The van der Waals surface area contributed by atoms with Crippen molar-refractivity contribution in [1.29, 1.82) is 5.26 Å². The van der Waals surface area contributed by atoms with Gasteiger partial charge in [-0.3, -0.25) is 4.79 Å². The van der Waals surface area contributed by atoms with Gasteiger partial charge in [-0.25, -0.2) is 0 Å². The number of nitrogens with one attached hydrogen (secondary N) is 1. The minimum absolute atomic E-state index is 0.0108. The number of amides is 1. The van der Waals surface area contributed by atoms with Crippen LogP contribution in [0.25, 0.3) is 0 Å². The molecular formula is C15H23N5O. The molecule has 1 N–H and O–H groups in total. The molecule has 0 fully saturated rings. The number of carbonyl (C=O) groups excluding carboxylic acids is 1. The SMILES string of the molecule is CCc1nnc(NCC(=O)N(CC)CC)c(C#N)c1CC. The molecule has 0 unspecified atom stereocenters. The Balaban J connectivity index is 2.95. The lowest BCUT2D eigenvalue weighted by Gasteiger charge is -2.19. The standard InChI is InChI=1S/C15H23N5O/c1-5-11-12(9-16)15(19-18-13(11)6-2)17-10-14(21)20(7-3)8-4/h5-8,10H2,1-4H3,(H,17,19). The van der Waals surface area contributed by atoms with Crippen molar-refractivity contribution in [2.45, 2.75) is 40.5 Å². The second-order valence-corrected chi connectivity index (χ2v) is 4.59. The van der Waals surface area contributed by atoms with Crippen LogP contribution in [0, 0.1) is 11.3 Å². The summed E-state index contributed by atoms with van der Waals surface area (Å²) in [7, 11) is 0. The van der Waals surface area contributed by atoms with Crippen molar-refractivity contribution in [2.24, 2.45) is 0 Å². The van der Waals surface area contributed by atoms with Crippen LogP contribution < -0.4 is 5.32 Å². The second-order valence-electron chi connectivity index (χ2n) is 4.59. The van der Waals surface area contributed by atoms with Gasteiger partial charge >= 0.3 is 0 Å². The molecule has 0 aliphatic carbocycles. The van der Waals surface area contributed by atoms with Gasteiger partial charge in [-0.2, -0.15) is 10.4 Å². The number of likely N-dealkylation sites (N-methyl/N-ethyl adjacent to an activating group) is 1. The Morgan fingerprint density at radius 3 is 2.33 bits per heavy atom. The molecule has 0 bridgehead atoms. The third-order valence-electron chi connectivity index (χ3n) is 3.48. The zero-order valence-corrected chi connectivity index (χ0v) is 13.2. The molecular weight excluding hydrogens is 266 g/mol. The molecule has 0 aliphatic heterocycles. The number of hydrogen-bond acceptors (Lipinski definition) is 5. The van der Waals surface area contributed by atoms with E-state index < -0.39 is 0 Å². The van der Waals surface area contributed by atoms with E-state index in [0.717, 1.165) is 24.1 Å². The first-order valence-corrected chi connectivity index (χ1v) is 7.42. The normalized spacial score (nSPS) is 10.0. The lowest BCUT2D eigenvalue weighted by atomic mass is 10.0. The summed E-state index contributed by atoms with van der Waals surface area (Å²) in [5.41, 5.74) is 2.25. The molecule has 1 aromatic rings. The highest BCUT2D eigenvalue weighted by Gasteiger charge is 2.16. The minimum atomic E-state index is -0.0108. The summed E-state index contributed by atoms with van der Waals surface area (Å²) in [6.45, 7) is 9.31. The van der Waals surface area contributed by atoms with Crippen LogP contribution in [0.5, 0.6) is 0 Å². The lowest BCUT2D eigenvalue weighted by Crippen LogP contribution is -2.35. The lowest BCUT2D eigenvalue weighted by molar-refractivity contribution is -0.128. The van der Waals surface area contributed by atoms with Crippen molar-refractivity contribution >= 4 is 11.7 Å². The quantitative estimate of drug-likeness (QED) is 0.827. The van der Waals surface area contributed by atoms with Crippen LogP contribution in [-0.2, 0) is 17.6 Å². The third-order valence-corrected chi connectivity index (χ3v) is 3.48. The molecule has 0 spiro atoms. The molecule has 114 valence electrons. The fourth-order valence-electron chi connectivity index (χ4n) is 2.26. The maximum absolute atomic E-state index is 12.0. The molecule has 0 radical (unpaired) electrons. The van der Waals surface area contributed by atoms with Crippen LogP contribution in [0.15, 0.2) is 0 Å². The van der Waals surface area contributed by atoms with E-state index in [4.69, 9.17) is 0 Å². The Labute approximate surface area is 126 Å². The fraction of sp³-hybridized carbons (Fsp3) is 0.600. The van der Waals surface area contributed by atoms with Gasteiger partial charge in [-0.05, 0) is 32.3 Å². The van der Waals surface area contributed by atoms with Crippen molar-refractivity contribution in [1.82, 2.24) is 15.1 Å². The Hall–Kier alpha value is -2.16. The average molecular weight is 289 g/mol. The van der Waals surface area contributed by atoms with E-state index in [1.807, 2.05) is 27.7 Å². The molecule has 6 heteroatoms. The topological polar surface area (TPSA) is 81.9 Å². The molecule has 21 heavy (non-hydrogen) atoms. The number of nitriles is 1. The van der Waals surface area contributed by atoms with Crippen LogP contribution >= 0.6 is 0 Å². The largest absolute Gasteiger partial charge is 0.358 e. The number of nitrogens with zero attached hydrogens (tertiary/aromatic N) is 4. The number of rotatable bonds is 7. The van der Waals surface area contributed by atoms with Gasteiger partial charge in [0.25, 0.3) is 0 Å². The molecule has 0 saturated heterocycles. The number of aryl methyl sites for hydroxylation is 1. The first kappa shape index (κ1) is 16.9. The average Bonchev–Trinajstić information content (AvgIpc) is 2.52. The molecule has 6 nitrogen and oxygen atoms in total. The van der Waals surface area contributed by atoms with E-state index in [1.165, 1.54) is 0 Å². The molecule has 1 rings (SSSR count). The van der Waals surface area contributed by atoms with E-state index in [-0.39, 0.29) is 12.5 Å². The van der Waals surface area contributed by atoms with Crippen molar-refractivity contribution in [3.8, 4) is 6.07 Å². The Morgan fingerprint density at radius 2 is 1.86 bits per heavy atom. The Morgan fingerprint density at radius 1 is 1.19 bits per heavy atom. The van der Waals surface area contributed by atoms with Crippen LogP contribution in [0.4, 0.5) is 5.82 Å². The predicted octanol–water partition coefficient (Wildman–Crippen LogP) is 1.75. The Bertz CT molecular complexity index is 532. The van der Waals surface area contributed by atoms with E-state index in [0.29, 0.717) is 24.5 Å². The number of anilines is 1. The van der Waals surface area contributed by atoms with Gasteiger partial charge in [0.15, 0.2) is 5.82 Å². The molecule has 0 saturated carbocycles. The van der Waals surface area contributed by atoms with Crippen molar-refractivity contribution in [2.75, 3.05) is 25.0 Å². The maximum Gasteiger partial charge on any atom is 0.241 e. The van der Waals surface area contributed by atoms with Gasteiger partial charge in [-0.1, -0.05) is 13.8 Å². The molecule has 0 aromatic carbocycles. The smallest absolute Gasteiger partial charge is 0.241 e. The molecule has 1 amide bonds. The van der Waals surface area contributed by atoms with Crippen LogP contribution in [0.3, 0.4) is 0 Å².